The third-order valence-corrected chi connectivity index (χ3v) is 8.72. The molecule has 4 aliphatic rings. The van der Waals surface area contributed by atoms with E-state index in [1.165, 1.54) is 29.7 Å². The molecule has 1 heterocycles. The number of alkyl halides is 1. The third-order valence-electron chi connectivity index (χ3n) is 6.71. The molecular weight excluding hydrogens is 432 g/mol. The second-order valence-electron chi connectivity index (χ2n) is 9.02. The van der Waals surface area contributed by atoms with E-state index in [-0.39, 0.29) is 15.6 Å². The summed E-state index contributed by atoms with van der Waals surface area (Å²) >= 11 is 5.79. The van der Waals surface area contributed by atoms with Crippen LogP contribution >= 0.6 is 27.7 Å². The van der Waals surface area contributed by atoms with E-state index < -0.39 is 0 Å². The van der Waals surface area contributed by atoms with Gasteiger partial charge in [-0.15, -0.1) is 11.8 Å². The van der Waals surface area contributed by atoms with Crippen LogP contribution < -0.4 is 5.32 Å². The predicted octanol–water partition coefficient (Wildman–Crippen LogP) is 6.05. The maximum Gasteiger partial charge on any atom is 0.230 e. The molecule has 2 aromatic rings. The summed E-state index contributed by atoms with van der Waals surface area (Å²) in [5, 5.41) is 3.24. The molecule has 6 rings (SSSR count). The van der Waals surface area contributed by atoms with E-state index in [9.17, 15) is 4.79 Å². The van der Waals surface area contributed by atoms with Crippen molar-refractivity contribution in [3.63, 3.8) is 0 Å². The Kier molecular flexibility index (Phi) is 4.79. The molecule has 146 valence electrons. The van der Waals surface area contributed by atoms with Crippen LogP contribution in [0, 0.1) is 17.3 Å². The SMILES string of the molecule is O=C(Nc1ccc(SCc2cccnc2)cc1)C12CC3CC(CC(Br)(C3)C1)C2. The monoisotopic (exact) mass is 456 g/mol. The Morgan fingerprint density at radius 1 is 1.14 bits per heavy atom. The number of nitrogens with zero attached hydrogens (tertiary/aromatic N) is 1. The summed E-state index contributed by atoms with van der Waals surface area (Å²) in [7, 11) is 0. The maximum atomic E-state index is 13.3. The van der Waals surface area contributed by atoms with Crippen LogP contribution in [0.4, 0.5) is 5.69 Å². The van der Waals surface area contributed by atoms with E-state index in [0.717, 1.165) is 42.5 Å². The zero-order chi connectivity index (χ0) is 19.2. The highest BCUT2D eigenvalue weighted by atomic mass is 79.9. The molecule has 4 saturated carbocycles. The van der Waals surface area contributed by atoms with Gasteiger partial charge in [-0.05, 0) is 86.3 Å². The maximum absolute atomic E-state index is 13.3. The Morgan fingerprint density at radius 3 is 2.54 bits per heavy atom. The quantitative estimate of drug-likeness (QED) is 0.439. The average molecular weight is 457 g/mol. The lowest BCUT2D eigenvalue weighted by molar-refractivity contribution is -0.138. The molecule has 4 fully saturated rings. The van der Waals surface area contributed by atoms with Crippen molar-refractivity contribution in [2.45, 2.75) is 53.5 Å². The van der Waals surface area contributed by atoms with Crippen LogP contribution in [0.15, 0.2) is 53.7 Å². The number of benzene rings is 1. The lowest BCUT2D eigenvalue weighted by Crippen LogP contribution is -2.57. The largest absolute Gasteiger partial charge is 0.326 e. The minimum Gasteiger partial charge on any atom is -0.326 e. The Labute approximate surface area is 179 Å². The number of pyridine rings is 1. The molecule has 1 aromatic heterocycles. The first kappa shape index (κ1) is 18.7. The van der Waals surface area contributed by atoms with Gasteiger partial charge in [0.1, 0.15) is 0 Å². The van der Waals surface area contributed by atoms with Gasteiger partial charge in [-0.1, -0.05) is 22.0 Å². The van der Waals surface area contributed by atoms with Crippen molar-refractivity contribution in [2.24, 2.45) is 17.3 Å². The first-order valence-corrected chi connectivity index (χ1v) is 11.9. The van der Waals surface area contributed by atoms with Crippen LogP contribution in [0.25, 0.3) is 0 Å². The summed E-state index contributed by atoms with van der Waals surface area (Å²) < 4.78 is 0.210. The number of rotatable bonds is 5. The lowest BCUT2D eigenvalue weighted by atomic mass is 9.49. The van der Waals surface area contributed by atoms with Crippen molar-refractivity contribution < 1.29 is 4.79 Å². The van der Waals surface area contributed by atoms with E-state index >= 15 is 0 Å². The number of halogens is 1. The van der Waals surface area contributed by atoms with Gasteiger partial charge >= 0.3 is 0 Å². The normalized spacial score (nSPS) is 33.0. The van der Waals surface area contributed by atoms with E-state index in [4.69, 9.17) is 0 Å². The highest BCUT2D eigenvalue weighted by molar-refractivity contribution is 9.10. The molecular formula is C23H25BrN2OS. The average Bonchev–Trinajstić information content (AvgIpc) is 2.66. The van der Waals surface area contributed by atoms with Gasteiger partial charge in [0, 0.05) is 33.1 Å². The lowest BCUT2D eigenvalue weighted by Gasteiger charge is -2.59. The van der Waals surface area contributed by atoms with Crippen LogP contribution in [0.5, 0.6) is 0 Å². The summed E-state index contributed by atoms with van der Waals surface area (Å²) in [6.45, 7) is 0. The predicted molar refractivity (Wildman–Crippen MR) is 118 cm³/mol. The van der Waals surface area contributed by atoms with Crippen LogP contribution in [-0.4, -0.2) is 15.2 Å². The van der Waals surface area contributed by atoms with Gasteiger partial charge in [0.2, 0.25) is 5.91 Å². The Balaban J connectivity index is 1.23. The van der Waals surface area contributed by atoms with E-state index in [2.05, 4.69) is 44.4 Å². The molecule has 1 N–H and O–H groups in total. The summed E-state index contributed by atoms with van der Waals surface area (Å²) in [4.78, 5) is 18.6. The second-order valence-corrected chi connectivity index (χ2v) is 11.8. The first-order valence-electron chi connectivity index (χ1n) is 10.1. The number of amides is 1. The fraction of sp³-hybridized carbons (Fsp3) is 0.478. The Hall–Kier alpha value is -1.33. The minimum atomic E-state index is -0.165. The summed E-state index contributed by atoms with van der Waals surface area (Å²) in [5.41, 5.74) is 1.96. The van der Waals surface area contributed by atoms with Crippen LogP contribution in [0.2, 0.25) is 0 Å². The number of carbonyl (C=O) groups excluding carboxylic acids is 1. The molecule has 5 heteroatoms. The van der Waals surface area contributed by atoms with Crippen molar-refractivity contribution in [3.05, 3.63) is 54.4 Å². The van der Waals surface area contributed by atoms with Crippen molar-refractivity contribution in [1.82, 2.24) is 4.98 Å². The fourth-order valence-electron chi connectivity index (χ4n) is 5.96. The molecule has 2 atom stereocenters. The topological polar surface area (TPSA) is 42.0 Å². The number of aromatic nitrogens is 1. The van der Waals surface area contributed by atoms with Crippen molar-refractivity contribution in [1.29, 1.82) is 0 Å². The number of hydrogen-bond acceptors (Lipinski definition) is 3. The molecule has 4 bridgehead atoms. The molecule has 2 unspecified atom stereocenters. The van der Waals surface area contributed by atoms with Gasteiger partial charge in [-0.3, -0.25) is 9.78 Å². The van der Waals surface area contributed by atoms with Gasteiger partial charge in [0.15, 0.2) is 0 Å². The van der Waals surface area contributed by atoms with Gasteiger partial charge < -0.3 is 5.32 Å². The van der Waals surface area contributed by atoms with E-state index in [1.54, 1.807) is 18.0 Å². The standard InChI is InChI=1S/C23H25BrN2OS/c24-23-11-17-8-18(12-23)10-22(9-17,15-23)21(27)26-19-3-5-20(6-4-19)28-14-16-2-1-7-25-13-16/h1-7,13,17-18H,8-12,14-15H2,(H,26,27). The van der Waals surface area contributed by atoms with Crippen LogP contribution in [0.1, 0.15) is 44.1 Å². The molecule has 0 aliphatic heterocycles. The summed E-state index contributed by atoms with van der Waals surface area (Å²) in [6.07, 6.45) is 10.7. The smallest absolute Gasteiger partial charge is 0.230 e. The highest BCUT2D eigenvalue weighted by Crippen LogP contribution is 2.64. The van der Waals surface area contributed by atoms with E-state index in [0.29, 0.717) is 0 Å². The molecule has 1 aromatic carbocycles. The number of carbonyl (C=O) groups is 1. The molecule has 3 nitrogen and oxygen atoms in total. The minimum absolute atomic E-state index is 0.165. The number of anilines is 1. The third kappa shape index (κ3) is 3.63. The van der Waals surface area contributed by atoms with Gasteiger partial charge in [-0.2, -0.15) is 0 Å². The molecule has 0 spiro atoms. The molecule has 0 saturated heterocycles. The van der Waals surface area contributed by atoms with Gasteiger partial charge in [0.25, 0.3) is 0 Å². The van der Waals surface area contributed by atoms with Crippen molar-refractivity contribution in [2.75, 3.05) is 5.32 Å². The Bertz CT molecular complexity index is 856. The number of nitrogens with one attached hydrogen (secondary N) is 1. The second kappa shape index (κ2) is 7.17. The van der Waals surface area contributed by atoms with Gasteiger partial charge in [0.05, 0.1) is 5.41 Å². The molecule has 1 amide bonds. The number of hydrogen-bond donors (Lipinski definition) is 1. The summed E-state index contributed by atoms with van der Waals surface area (Å²) in [6, 6.07) is 12.3. The van der Waals surface area contributed by atoms with Gasteiger partial charge in [-0.25, -0.2) is 0 Å². The Morgan fingerprint density at radius 2 is 1.89 bits per heavy atom. The zero-order valence-corrected chi connectivity index (χ0v) is 18.3. The molecule has 28 heavy (non-hydrogen) atoms. The highest BCUT2D eigenvalue weighted by Gasteiger charge is 2.59. The summed E-state index contributed by atoms with van der Waals surface area (Å²) in [5.74, 6) is 2.58. The first-order chi connectivity index (χ1) is 13.5. The molecule has 0 radical (unpaired) electrons. The van der Waals surface area contributed by atoms with Crippen LogP contribution in [-0.2, 0) is 10.5 Å². The van der Waals surface area contributed by atoms with Crippen molar-refractivity contribution >= 4 is 39.3 Å². The van der Waals surface area contributed by atoms with E-state index in [1.807, 2.05) is 24.4 Å². The fourth-order valence-corrected chi connectivity index (χ4v) is 8.25. The zero-order valence-electron chi connectivity index (χ0n) is 15.9. The van der Waals surface area contributed by atoms with Crippen LogP contribution in [0.3, 0.4) is 0 Å². The number of thioether (sulfide) groups is 1. The molecule has 4 aliphatic carbocycles. The van der Waals surface area contributed by atoms with Crippen molar-refractivity contribution in [3.8, 4) is 0 Å².